The molecule has 0 saturated carbocycles. The lowest BCUT2D eigenvalue weighted by Crippen LogP contribution is -2.28. The van der Waals surface area contributed by atoms with E-state index in [9.17, 15) is 8.78 Å². The Balaban J connectivity index is 3.45. The number of aliphatic hydroxyl groups is 1. The van der Waals surface area contributed by atoms with Gasteiger partial charge < -0.3 is 9.84 Å². The van der Waals surface area contributed by atoms with Crippen molar-refractivity contribution in [3.05, 3.63) is 0 Å². The van der Waals surface area contributed by atoms with Crippen LogP contribution in [0.4, 0.5) is 8.78 Å². The fraction of sp³-hybridized carbons (Fsp3) is 1.00. The van der Waals surface area contributed by atoms with Gasteiger partial charge in [0, 0.05) is 0 Å². The van der Waals surface area contributed by atoms with Gasteiger partial charge in [-0.25, -0.2) is 8.78 Å². The maximum atomic E-state index is 12.9. The molecule has 2 nitrogen and oxygen atoms in total. The van der Waals surface area contributed by atoms with Gasteiger partial charge in [-0.2, -0.15) is 0 Å². The number of ether oxygens (including phenoxy) is 1. The maximum absolute atomic E-state index is 12.9. The SMILES string of the molecule is CCCCCCC(C)OCC(F)C(F)CO. The highest BCUT2D eigenvalue weighted by molar-refractivity contribution is 4.66. The van der Waals surface area contributed by atoms with E-state index in [4.69, 9.17) is 9.84 Å². The lowest BCUT2D eigenvalue weighted by Gasteiger charge is -2.16. The Morgan fingerprint density at radius 2 is 1.81 bits per heavy atom. The minimum absolute atomic E-state index is 0.0407. The third-order valence-electron chi connectivity index (χ3n) is 2.57. The van der Waals surface area contributed by atoms with Gasteiger partial charge in [0.1, 0.15) is 0 Å². The van der Waals surface area contributed by atoms with Gasteiger partial charge in [-0.1, -0.05) is 32.6 Å². The molecular weight excluding hydrogens is 214 g/mol. The highest BCUT2D eigenvalue weighted by Crippen LogP contribution is 2.10. The molecule has 0 bridgehead atoms. The van der Waals surface area contributed by atoms with Gasteiger partial charge in [-0.3, -0.25) is 0 Å². The van der Waals surface area contributed by atoms with E-state index in [1.54, 1.807) is 0 Å². The fourth-order valence-corrected chi connectivity index (χ4v) is 1.42. The molecule has 0 aliphatic rings. The molecule has 0 heterocycles. The van der Waals surface area contributed by atoms with E-state index in [-0.39, 0.29) is 12.7 Å². The number of hydrogen-bond acceptors (Lipinski definition) is 2. The van der Waals surface area contributed by atoms with Gasteiger partial charge in [-0.15, -0.1) is 0 Å². The molecule has 0 spiro atoms. The largest absolute Gasteiger partial charge is 0.393 e. The van der Waals surface area contributed by atoms with Crippen LogP contribution in [0.3, 0.4) is 0 Å². The molecule has 0 fully saturated rings. The van der Waals surface area contributed by atoms with Crippen molar-refractivity contribution >= 4 is 0 Å². The minimum atomic E-state index is -1.83. The van der Waals surface area contributed by atoms with Gasteiger partial charge >= 0.3 is 0 Å². The molecule has 0 radical (unpaired) electrons. The molecule has 0 aliphatic heterocycles. The van der Waals surface area contributed by atoms with Crippen LogP contribution in [0.1, 0.15) is 46.0 Å². The zero-order valence-electron chi connectivity index (χ0n) is 10.3. The monoisotopic (exact) mass is 238 g/mol. The van der Waals surface area contributed by atoms with Crippen molar-refractivity contribution in [1.29, 1.82) is 0 Å². The topological polar surface area (TPSA) is 29.5 Å². The Morgan fingerprint density at radius 1 is 1.12 bits per heavy atom. The van der Waals surface area contributed by atoms with E-state index in [0.717, 1.165) is 19.3 Å². The number of rotatable bonds is 10. The normalized spacial score (nSPS) is 17.1. The molecule has 0 aliphatic carbocycles. The molecule has 16 heavy (non-hydrogen) atoms. The van der Waals surface area contributed by atoms with Crippen LogP contribution in [0.2, 0.25) is 0 Å². The number of unbranched alkanes of at least 4 members (excludes halogenated alkanes) is 3. The summed E-state index contributed by atoms with van der Waals surface area (Å²) in [5.41, 5.74) is 0. The first kappa shape index (κ1) is 15.8. The predicted octanol–water partition coefficient (Wildman–Crippen LogP) is 3.03. The summed E-state index contributed by atoms with van der Waals surface area (Å²) in [6.45, 7) is 2.96. The standard InChI is InChI=1S/C12H24F2O2/c1-3-4-5-6-7-10(2)16-9-12(14)11(13)8-15/h10-12,15H,3-9H2,1-2H3. The average molecular weight is 238 g/mol. The minimum Gasteiger partial charge on any atom is -0.393 e. The Hall–Kier alpha value is -0.220. The third kappa shape index (κ3) is 7.99. The van der Waals surface area contributed by atoms with Crippen LogP contribution in [-0.2, 0) is 4.74 Å². The molecule has 0 amide bonds. The Kier molecular flexibility index (Phi) is 9.83. The first-order chi connectivity index (χ1) is 7.61. The molecule has 0 rings (SSSR count). The summed E-state index contributed by atoms with van der Waals surface area (Å²) in [4.78, 5) is 0. The van der Waals surface area contributed by atoms with E-state index in [1.807, 2.05) is 6.92 Å². The molecule has 0 aromatic heterocycles. The van der Waals surface area contributed by atoms with Gasteiger partial charge in [0.25, 0.3) is 0 Å². The first-order valence-electron chi connectivity index (χ1n) is 6.12. The molecular formula is C12H24F2O2. The van der Waals surface area contributed by atoms with E-state index < -0.39 is 19.0 Å². The zero-order chi connectivity index (χ0) is 12.4. The highest BCUT2D eigenvalue weighted by Gasteiger charge is 2.20. The summed E-state index contributed by atoms with van der Waals surface area (Å²) in [6.07, 6.45) is 1.90. The number of aliphatic hydroxyl groups excluding tert-OH is 1. The summed E-state index contributed by atoms with van der Waals surface area (Å²) in [7, 11) is 0. The lowest BCUT2D eigenvalue weighted by atomic mass is 10.1. The Labute approximate surface area is 97.0 Å². The van der Waals surface area contributed by atoms with Crippen molar-refractivity contribution in [3.63, 3.8) is 0 Å². The second kappa shape index (κ2) is 9.97. The van der Waals surface area contributed by atoms with Crippen molar-refractivity contribution in [2.75, 3.05) is 13.2 Å². The molecule has 1 N–H and O–H groups in total. The van der Waals surface area contributed by atoms with E-state index in [1.165, 1.54) is 12.8 Å². The summed E-state index contributed by atoms with van der Waals surface area (Å²) in [5.74, 6) is 0. The van der Waals surface area contributed by atoms with Crippen LogP contribution in [0, 0.1) is 0 Å². The number of alkyl halides is 2. The number of halogens is 2. The Morgan fingerprint density at radius 3 is 2.38 bits per heavy atom. The van der Waals surface area contributed by atoms with Crippen LogP contribution in [0.15, 0.2) is 0 Å². The molecule has 3 unspecified atom stereocenters. The average Bonchev–Trinajstić information content (AvgIpc) is 2.30. The van der Waals surface area contributed by atoms with Gasteiger partial charge in [0.2, 0.25) is 0 Å². The van der Waals surface area contributed by atoms with E-state index in [2.05, 4.69) is 6.92 Å². The molecule has 0 aromatic rings. The first-order valence-corrected chi connectivity index (χ1v) is 6.12. The van der Waals surface area contributed by atoms with Crippen LogP contribution >= 0.6 is 0 Å². The van der Waals surface area contributed by atoms with Crippen molar-refractivity contribution in [2.45, 2.75) is 64.4 Å². The lowest BCUT2D eigenvalue weighted by molar-refractivity contribution is -0.0119. The summed E-state index contributed by atoms with van der Waals surface area (Å²) in [5, 5.41) is 8.40. The van der Waals surface area contributed by atoms with Crippen LogP contribution in [0.5, 0.6) is 0 Å². The molecule has 3 atom stereocenters. The van der Waals surface area contributed by atoms with E-state index >= 15 is 0 Å². The van der Waals surface area contributed by atoms with Gasteiger partial charge in [-0.05, 0) is 13.3 Å². The second-order valence-electron chi connectivity index (χ2n) is 4.21. The third-order valence-corrected chi connectivity index (χ3v) is 2.57. The quantitative estimate of drug-likeness (QED) is 0.593. The van der Waals surface area contributed by atoms with Crippen molar-refractivity contribution in [3.8, 4) is 0 Å². The fourth-order valence-electron chi connectivity index (χ4n) is 1.42. The molecule has 98 valence electrons. The molecule has 0 saturated heterocycles. The van der Waals surface area contributed by atoms with Crippen LogP contribution in [-0.4, -0.2) is 36.8 Å². The van der Waals surface area contributed by atoms with Crippen LogP contribution < -0.4 is 0 Å². The second-order valence-corrected chi connectivity index (χ2v) is 4.21. The van der Waals surface area contributed by atoms with Gasteiger partial charge in [0.05, 0.1) is 19.3 Å². The number of hydrogen-bond donors (Lipinski definition) is 1. The Bertz CT molecular complexity index is 156. The predicted molar refractivity (Wildman–Crippen MR) is 61.1 cm³/mol. The molecule has 0 aromatic carbocycles. The summed E-state index contributed by atoms with van der Waals surface area (Å²) < 4.78 is 30.7. The van der Waals surface area contributed by atoms with Crippen molar-refractivity contribution in [1.82, 2.24) is 0 Å². The highest BCUT2D eigenvalue weighted by atomic mass is 19.2. The van der Waals surface area contributed by atoms with Crippen molar-refractivity contribution < 1.29 is 18.6 Å². The summed E-state index contributed by atoms with van der Waals surface area (Å²) in [6, 6.07) is 0. The van der Waals surface area contributed by atoms with Crippen LogP contribution in [0.25, 0.3) is 0 Å². The van der Waals surface area contributed by atoms with Gasteiger partial charge in [0.15, 0.2) is 12.3 Å². The summed E-state index contributed by atoms with van der Waals surface area (Å²) >= 11 is 0. The molecule has 4 heteroatoms. The van der Waals surface area contributed by atoms with Crippen molar-refractivity contribution in [2.24, 2.45) is 0 Å². The smallest absolute Gasteiger partial charge is 0.157 e. The maximum Gasteiger partial charge on any atom is 0.157 e. The zero-order valence-corrected chi connectivity index (χ0v) is 10.3. The van der Waals surface area contributed by atoms with E-state index in [0.29, 0.717) is 0 Å².